The summed E-state index contributed by atoms with van der Waals surface area (Å²) >= 11 is 11.7. The van der Waals surface area contributed by atoms with Crippen LogP contribution in [0.1, 0.15) is 5.56 Å². The molecule has 0 aliphatic heterocycles. The predicted molar refractivity (Wildman–Crippen MR) is 57.5 cm³/mol. The van der Waals surface area contributed by atoms with Gasteiger partial charge in [-0.1, -0.05) is 29.3 Å². The minimum Gasteiger partial charge on any atom is -0.0843 e. The quantitative estimate of drug-likeness (QED) is 0.609. The fourth-order valence-corrected chi connectivity index (χ4v) is 1.83. The Bertz CT molecular complexity index is 456. The van der Waals surface area contributed by atoms with Crippen molar-refractivity contribution in [2.75, 3.05) is 0 Å². The van der Waals surface area contributed by atoms with E-state index in [1.165, 1.54) is 0 Å². The van der Waals surface area contributed by atoms with Crippen LogP contribution < -0.4 is 0 Å². The molecule has 1 radical (unpaired) electrons. The molecule has 0 bridgehead atoms. The molecule has 0 N–H and O–H groups in total. The van der Waals surface area contributed by atoms with Crippen LogP contribution in [0, 0.1) is 13.0 Å². The van der Waals surface area contributed by atoms with Crippen LogP contribution in [0.3, 0.4) is 0 Å². The van der Waals surface area contributed by atoms with Crippen molar-refractivity contribution in [1.82, 2.24) is 0 Å². The average Bonchev–Trinajstić information content (AvgIpc) is 2.02. The SMILES string of the molecule is Cc1cc(Cl)[c]c2cc(Cl)ccc12. The van der Waals surface area contributed by atoms with E-state index in [9.17, 15) is 0 Å². The lowest BCUT2D eigenvalue weighted by Gasteiger charge is -2.02. The normalized spacial score (nSPS) is 10.7. The van der Waals surface area contributed by atoms with Crippen LogP contribution in [0.15, 0.2) is 24.3 Å². The minimum atomic E-state index is 0.632. The zero-order valence-corrected chi connectivity index (χ0v) is 8.58. The molecule has 2 aromatic carbocycles. The van der Waals surface area contributed by atoms with Gasteiger partial charge in [0.05, 0.1) is 0 Å². The van der Waals surface area contributed by atoms with Gasteiger partial charge in [-0.3, -0.25) is 0 Å². The second-order valence-corrected chi connectivity index (χ2v) is 3.83. The number of hydrogen-bond donors (Lipinski definition) is 0. The van der Waals surface area contributed by atoms with Crippen molar-refractivity contribution in [2.24, 2.45) is 0 Å². The third-order valence-electron chi connectivity index (χ3n) is 2.00. The van der Waals surface area contributed by atoms with Crippen molar-refractivity contribution in [3.05, 3.63) is 45.9 Å². The van der Waals surface area contributed by atoms with E-state index in [4.69, 9.17) is 23.2 Å². The lowest BCUT2D eigenvalue weighted by atomic mass is 10.1. The van der Waals surface area contributed by atoms with Gasteiger partial charge in [-0.15, -0.1) is 0 Å². The average molecular weight is 210 g/mol. The summed E-state index contributed by atoms with van der Waals surface area (Å²) in [6.07, 6.45) is 0. The van der Waals surface area contributed by atoms with Crippen molar-refractivity contribution < 1.29 is 0 Å². The van der Waals surface area contributed by atoms with E-state index in [1.54, 1.807) is 0 Å². The molecule has 0 aliphatic rings. The Labute approximate surface area is 87.1 Å². The topological polar surface area (TPSA) is 0 Å². The molecule has 0 aliphatic carbocycles. The van der Waals surface area contributed by atoms with Gasteiger partial charge in [0.25, 0.3) is 0 Å². The highest BCUT2D eigenvalue weighted by Gasteiger charge is 2.00. The van der Waals surface area contributed by atoms with E-state index >= 15 is 0 Å². The largest absolute Gasteiger partial charge is 0.0843 e. The first kappa shape index (κ1) is 8.86. The van der Waals surface area contributed by atoms with Gasteiger partial charge >= 0.3 is 0 Å². The molecule has 0 spiro atoms. The summed E-state index contributed by atoms with van der Waals surface area (Å²) in [5, 5.41) is 3.46. The van der Waals surface area contributed by atoms with Crippen LogP contribution in [-0.2, 0) is 0 Å². The van der Waals surface area contributed by atoms with Crippen molar-refractivity contribution in [1.29, 1.82) is 0 Å². The maximum Gasteiger partial charge on any atom is 0.0494 e. The van der Waals surface area contributed by atoms with Crippen LogP contribution in [-0.4, -0.2) is 0 Å². The van der Waals surface area contributed by atoms with Crippen molar-refractivity contribution in [2.45, 2.75) is 6.92 Å². The minimum absolute atomic E-state index is 0.632. The van der Waals surface area contributed by atoms with E-state index in [0.717, 1.165) is 16.3 Å². The predicted octanol–water partition coefficient (Wildman–Crippen LogP) is 4.26. The van der Waals surface area contributed by atoms with Gasteiger partial charge in [0.1, 0.15) is 0 Å². The molecule has 0 nitrogen and oxygen atoms in total. The zero-order valence-electron chi connectivity index (χ0n) is 7.07. The second-order valence-electron chi connectivity index (χ2n) is 2.99. The van der Waals surface area contributed by atoms with E-state index < -0.39 is 0 Å². The number of benzene rings is 2. The molecule has 0 saturated heterocycles. The Kier molecular flexibility index (Phi) is 2.19. The summed E-state index contributed by atoms with van der Waals surface area (Å²) in [6.45, 7) is 2.02. The fourth-order valence-electron chi connectivity index (χ4n) is 1.40. The Morgan fingerprint density at radius 3 is 2.69 bits per heavy atom. The highest BCUT2D eigenvalue weighted by atomic mass is 35.5. The first-order valence-electron chi connectivity index (χ1n) is 3.94. The van der Waals surface area contributed by atoms with Crippen LogP contribution in [0.4, 0.5) is 0 Å². The molecule has 0 fully saturated rings. The summed E-state index contributed by atoms with van der Waals surface area (Å²) in [5.41, 5.74) is 1.15. The summed E-state index contributed by atoms with van der Waals surface area (Å²) in [7, 11) is 0. The van der Waals surface area contributed by atoms with Crippen LogP contribution >= 0.6 is 23.2 Å². The number of halogens is 2. The first-order valence-corrected chi connectivity index (χ1v) is 4.70. The van der Waals surface area contributed by atoms with Gasteiger partial charge in [-0.25, -0.2) is 0 Å². The van der Waals surface area contributed by atoms with Gasteiger partial charge in [-0.05, 0) is 41.5 Å². The highest BCUT2D eigenvalue weighted by Crippen LogP contribution is 2.25. The van der Waals surface area contributed by atoms with Gasteiger partial charge in [0, 0.05) is 16.1 Å². The van der Waals surface area contributed by atoms with E-state index in [0.29, 0.717) is 10.0 Å². The van der Waals surface area contributed by atoms with Crippen LogP contribution in [0.5, 0.6) is 0 Å². The van der Waals surface area contributed by atoms with Crippen molar-refractivity contribution >= 4 is 34.0 Å². The summed E-state index contributed by atoms with van der Waals surface area (Å²) in [5.74, 6) is 0. The van der Waals surface area contributed by atoms with Gasteiger partial charge < -0.3 is 0 Å². The molecular weight excluding hydrogens is 203 g/mol. The third-order valence-corrected chi connectivity index (χ3v) is 2.44. The lowest BCUT2D eigenvalue weighted by molar-refractivity contribution is 1.53. The molecule has 2 rings (SSSR count). The number of fused-ring (bicyclic) bond motifs is 1. The highest BCUT2D eigenvalue weighted by molar-refractivity contribution is 6.32. The summed E-state index contributed by atoms with van der Waals surface area (Å²) < 4.78 is 0. The van der Waals surface area contributed by atoms with Crippen LogP contribution in [0.2, 0.25) is 10.0 Å². The fraction of sp³-hybridized carbons (Fsp3) is 0.0909. The molecule has 65 valence electrons. The van der Waals surface area contributed by atoms with Gasteiger partial charge in [0.2, 0.25) is 0 Å². The van der Waals surface area contributed by atoms with Gasteiger partial charge in [0.15, 0.2) is 0 Å². The lowest BCUT2D eigenvalue weighted by Crippen LogP contribution is -1.79. The Morgan fingerprint density at radius 2 is 1.92 bits per heavy atom. The second kappa shape index (κ2) is 3.21. The molecule has 0 heterocycles. The standard InChI is InChI=1S/C11H7Cl2/c1-7-4-10(13)6-8-5-9(12)2-3-11(7)8/h2-5H,1H3. The maximum absolute atomic E-state index is 5.88. The zero-order chi connectivity index (χ0) is 9.42. The Hall–Kier alpha value is -0.720. The van der Waals surface area contributed by atoms with E-state index in [1.807, 2.05) is 31.2 Å². The molecular formula is C11H7Cl2. The molecule has 0 amide bonds. The Morgan fingerprint density at radius 1 is 1.15 bits per heavy atom. The third kappa shape index (κ3) is 1.65. The molecule has 2 heteroatoms. The van der Waals surface area contributed by atoms with Crippen molar-refractivity contribution in [3.63, 3.8) is 0 Å². The molecule has 13 heavy (non-hydrogen) atoms. The monoisotopic (exact) mass is 209 g/mol. The summed E-state index contributed by atoms with van der Waals surface area (Å²) in [4.78, 5) is 0. The summed E-state index contributed by atoms with van der Waals surface area (Å²) in [6, 6.07) is 10.7. The van der Waals surface area contributed by atoms with E-state index in [2.05, 4.69) is 6.07 Å². The molecule has 0 saturated carbocycles. The smallest absolute Gasteiger partial charge is 0.0494 e. The number of aryl methyl sites for hydroxylation is 1. The molecule has 0 unspecified atom stereocenters. The van der Waals surface area contributed by atoms with Gasteiger partial charge in [-0.2, -0.15) is 0 Å². The molecule has 2 aromatic rings. The van der Waals surface area contributed by atoms with E-state index in [-0.39, 0.29) is 0 Å². The molecule has 0 atom stereocenters. The van der Waals surface area contributed by atoms with Crippen LogP contribution in [0.25, 0.3) is 10.8 Å². The Balaban J connectivity index is 2.86. The van der Waals surface area contributed by atoms with Crippen molar-refractivity contribution in [3.8, 4) is 0 Å². The first-order chi connectivity index (χ1) is 6.16. The molecule has 0 aromatic heterocycles. The number of rotatable bonds is 0. The maximum atomic E-state index is 5.88. The number of hydrogen-bond acceptors (Lipinski definition) is 0.